The molecule has 1 heterocycles. The lowest BCUT2D eigenvalue weighted by Crippen LogP contribution is -2.42. The van der Waals surface area contributed by atoms with E-state index in [1.54, 1.807) is 0 Å². The van der Waals surface area contributed by atoms with Crippen LogP contribution in [0.15, 0.2) is 48.5 Å². The van der Waals surface area contributed by atoms with Crippen molar-refractivity contribution >= 4 is 11.8 Å². The van der Waals surface area contributed by atoms with E-state index in [0.717, 1.165) is 30.4 Å². The molecule has 2 aromatic carbocycles. The minimum absolute atomic E-state index is 0.0426. The van der Waals surface area contributed by atoms with Crippen molar-refractivity contribution in [2.24, 2.45) is 5.92 Å². The van der Waals surface area contributed by atoms with Crippen molar-refractivity contribution in [1.29, 1.82) is 0 Å². The van der Waals surface area contributed by atoms with E-state index in [9.17, 15) is 9.59 Å². The number of carbonyl (C=O) groups is 2. The van der Waals surface area contributed by atoms with Gasteiger partial charge in [0.1, 0.15) is 5.75 Å². The van der Waals surface area contributed by atoms with E-state index in [4.69, 9.17) is 4.74 Å². The summed E-state index contributed by atoms with van der Waals surface area (Å²) in [6, 6.07) is 16.4. The predicted octanol–water partition coefficient (Wildman–Crippen LogP) is 4.25. The molecule has 0 radical (unpaired) electrons. The van der Waals surface area contributed by atoms with Crippen LogP contribution in [0.3, 0.4) is 0 Å². The van der Waals surface area contributed by atoms with Gasteiger partial charge in [0.05, 0.1) is 6.04 Å². The summed E-state index contributed by atoms with van der Waals surface area (Å²) >= 11 is 0. The molecule has 2 unspecified atom stereocenters. The smallest absolute Gasteiger partial charge is 0.261 e. The van der Waals surface area contributed by atoms with Crippen LogP contribution in [0.2, 0.25) is 0 Å². The number of hydrogen-bond acceptors (Lipinski definition) is 3. The molecule has 1 N–H and O–H groups in total. The summed E-state index contributed by atoms with van der Waals surface area (Å²) < 4.78 is 6.13. The molecule has 1 aliphatic carbocycles. The van der Waals surface area contributed by atoms with Crippen LogP contribution in [0.25, 0.3) is 0 Å². The predicted molar refractivity (Wildman–Crippen MR) is 121 cm³/mol. The molecule has 164 valence electrons. The Morgan fingerprint density at radius 1 is 1.13 bits per heavy atom. The van der Waals surface area contributed by atoms with Gasteiger partial charge in [-0.15, -0.1) is 0 Å². The van der Waals surface area contributed by atoms with Crippen molar-refractivity contribution in [3.05, 3.63) is 65.2 Å². The maximum Gasteiger partial charge on any atom is 0.261 e. The van der Waals surface area contributed by atoms with Gasteiger partial charge in [-0.05, 0) is 54.5 Å². The maximum atomic E-state index is 13.0. The molecule has 2 aliphatic rings. The SMILES string of the molecule is CCC(Oc1ccc2c(c1)C(c1ccccc1)N(C(=O)C(C)C)CC2)C(=O)NC1CC1. The number of amides is 2. The topological polar surface area (TPSA) is 58.6 Å². The van der Waals surface area contributed by atoms with Crippen LogP contribution in [0, 0.1) is 5.92 Å². The van der Waals surface area contributed by atoms with Gasteiger partial charge >= 0.3 is 0 Å². The molecule has 1 fully saturated rings. The molecule has 1 saturated carbocycles. The fourth-order valence-electron chi connectivity index (χ4n) is 4.24. The van der Waals surface area contributed by atoms with Gasteiger partial charge in [0.15, 0.2) is 6.10 Å². The Morgan fingerprint density at radius 3 is 2.52 bits per heavy atom. The van der Waals surface area contributed by atoms with Crippen LogP contribution >= 0.6 is 0 Å². The monoisotopic (exact) mass is 420 g/mol. The fourth-order valence-corrected chi connectivity index (χ4v) is 4.24. The molecule has 2 atom stereocenters. The average Bonchev–Trinajstić information content (AvgIpc) is 3.60. The van der Waals surface area contributed by atoms with Crippen molar-refractivity contribution in [2.75, 3.05) is 6.54 Å². The normalized spacial score (nSPS) is 19.0. The largest absolute Gasteiger partial charge is 0.481 e. The van der Waals surface area contributed by atoms with Crippen LogP contribution in [-0.2, 0) is 16.0 Å². The average molecular weight is 421 g/mol. The van der Waals surface area contributed by atoms with Gasteiger partial charge in [-0.2, -0.15) is 0 Å². The van der Waals surface area contributed by atoms with Crippen molar-refractivity contribution in [3.8, 4) is 5.75 Å². The zero-order valence-corrected chi connectivity index (χ0v) is 18.6. The van der Waals surface area contributed by atoms with E-state index in [2.05, 4.69) is 23.5 Å². The van der Waals surface area contributed by atoms with Gasteiger partial charge in [0.25, 0.3) is 5.91 Å². The van der Waals surface area contributed by atoms with E-state index in [1.165, 1.54) is 5.56 Å². The highest BCUT2D eigenvalue weighted by Crippen LogP contribution is 2.38. The molecule has 0 bridgehead atoms. The number of fused-ring (bicyclic) bond motifs is 1. The quantitative estimate of drug-likeness (QED) is 0.728. The van der Waals surface area contributed by atoms with Crippen molar-refractivity contribution in [2.45, 2.75) is 64.6 Å². The molecule has 0 spiro atoms. The highest BCUT2D eigenvalue weighted by Gasteiger charge is 2.34. The minimum Gasteiger partial charge on any atom is -0.481 e. The third-order valence-electron chi connectivity index (χ3n) is 6.10. The molecule has 31 heavy (non-hydrogen) atoms. The third-order valence-corrected chi connectivity index (χ3v) is 6.10. The zero-order chi connectivity index (χ0) is 22.0. The van der Waals surface area contributed by atoms with Gasteiger partial charge < -0.3 is 15.0 Å². The van der Waals surface area contributed by atoms with Crippen LogP contribution in [0.4, 0.5) is 0 Å². The van der Waals surface area contributed by atoms with Crippen LogP contribution in [0.1, 0.15) is 62.8 Å². The second kappa shape index (κ2) is 9.13. The standard InChI is InChI=1S/C26H32N2O3/c1-4-23(25(29)27-20-11-12-20)31-21-13-10-18-14-15-28(26(30)17(2)3)24(22(18)16-21)19-8-6-5-7-9-19/h5-10,13,16-17,20,23-24H,4,11-12,14-15H2,1-3H3,(H,27,29). The van der Waals surface area contributed by atoms with E-state index >= 15 is 0 Å². The Bertz CT molecular complexity index is 937. The molecular weight excluding hydrogens is 388 g/mol. The van der Waals surface area contributed by atoms with Crippen molar-refractivity contribution in [1.82, 2.24) is 10.2 Å². The number of nitrogens with zero attached hydrogens (tertiary/aromatic N) is 1. The zero-order valence-electron chi connectivity index (χ0n) is 18.6. The van der Waals surface area contributed by atoms with E-state index in [1.807, 2.05) is 56.0 Å². The number of nitrogens with one attached hydrogen (secondary N) is 1. The highest BCUT2D eigenvalue weighted by molar-refractivity contribution is 5.82. The molecule has 1 aliphatic heterocycles. The first-order valence-electron chi connectivity index (χ1n) is 11.4. The summed E-state index contributed by atoms with van der Waals surface area (Å²) in [5.74, 6) is 0.721. The summed E-state index contributed by atoms with van der Waals surface area (Å²) in [5, 5.41) is 3.04. The Hall–Kier alpha value is -2.82. The minimum atomic E-state index is -0.509. The second-order valence-corrected chi connectivity index (χ2v) is 8.91. The van der Waals surface area contributed by atoms with Crippen LogP contribution in [0.5, 0.6) is 5.75 Å². The number of carbonyl (C=O) groups excluding carboxylic acids is 2. The molecule has 5 nitrogen and oxygen atoms in total. The number of ether oxygens (including phenoxy) is 1. The summed E-state index contributed by atoms with van der Waals surface area (Å²) in [6.45, 7) is 6.56. The highest BCUT2D eigenvalue weighted by atomic mass is 16.5. The first-order valence-corrected chi connectivity index (χ1v) is 11.4. The lowest BCUT2D eigenvalue weighted by molar-refractivity contribution is -0.136. The number of benzene rings is 2. The molecule has 4 rings (SSSR count). The Labute approximate surface area is 184 Å². The molecule has 0 saturated heterocycles. The maximum absolute atomic E-state index is 13.0. The first-order chi connectivity index (χ1) is 15.0. The van der Waals surface area contributed by atoms with Gasteiger partial charge in [0, 0.05) is 18.5 Å². The Balaban J connectivity index is 1.65. The summed E-state index contributed by atoms with van der Waals surface area (Å²) in [6.07, 6.45) is 3.02. The Kier molecular flexibility index (Phi) is 6.30. The van der Waals surface area contributed by atoms with E-state index < -0.39 is 6.10 Å². The molecule has 2 amide bonds. The lowest BCUT2D eigenvalue weighted by atomic mass is 9.87. The lowest BCUT2D eigenvalue weighted by Gasteiger charge is -2.39. The first kappa shape index (κ1) is 21.4. The third kappa shape index (κ3) is 4.76. The van der Waals surface area contributed by atoms with Crippen molar-refractivity contribution < 1.29 is 14.3 Å². The van der Waals surface area contributed by atoms with E-state index in [-0.39, 0.29) is 23.8 Å². The summed E-state index contributed by atoms with van der Waals surface area (Å²) in [4.78, 5) is 27.6. The van der Waals surface area contributed by atoms with Crippen LogP contribution < -0.4 is 10.1 Å². The van der Waals surface area contributed by atoms with Crippen molar-refractivity contribution in [3.63, 3.8) is 0 Å². The van der Waals surface area contributed by atoms with Gasteiger partial charge in [-0.1, -0.05) is 57.2 Å². The molecule has 0 aromatic heterocycles. The van der Waals surface area contributed by atoms with E-state index in [0.29, 0.717) is 24.8 Å². The number of rotatable bonds is 7. The molecule has 5 heteroatoms. The summed E-state index contributed by atoms with van der Waals surface area (Å²) in [5.41, 5.74) is 3.40. The summed E-state index contributed by atoms with van der Waals surface area (Å²) in [7, 11) is 0. The van der Waals surface area contributed by atoms with Gasteiger partial charge in [0.2, 0.25) is 5.91 Å². The Morgan fingerprint density at radius 2 is 1.87 bits per heavy atom. The van der Waals surface area contributed by atoms with Gasteiger partial charge in [-0.25, -0.2) is 0 Å². The molecular formula is C26H32N2O3. The number of hydrogen-bond donors (Lipinski definition) is 1. The fraction of sp³-hybridized carbons (Fsp3) is 0.462. The van der Waals surface area contributed by atoms with Crippen LogP contribution in [-0.4, -0.2) is 35.4 Å². The second-order valence-electron chi connectivity index (χ2n) is 8.91. The molecule has 2 aromatic rings. The van der Waals surface area contributed by atoms with Gasteiger partial charge in [-0.3, -0.25) is 9.59 Å².